The smallest absolute Gasteiger partial charge is 0.287 e. The van der Waals surface area contributed by atoms with Crippen LogP contribution in [0.3, 0.4) is 0 Å². The molecule has 2 saturated heterocycles. The van der Waals surface area contributed by atoms with Crippen LogP contribution in [0.25, 0.3) is 11.3 Å². The van der Waals surface area contributed by atoms with Crippen molar-refractivity contribution in [3.63, 3.8) is 0 Å². The van der Waals surface area contributed by atoms with Crippen LogP contribution in [0.2, 0.25) is 0 Å². The van der Waals surface area contributed by atoms with E-state index in [4.69, 9.17) is 4.42 Å². The Morgan fingerprint density at radius 1 is 1.04 bits per heavy atom. The number of carbonyl (C=O) groups is 1. The van der Waals surface area contributed by atoms with Crippen molar-refractivity contribution >= 4 is 5.91 Å². The van der Waals surface area contributed by atoms with Gasteiger partial charge < -0.3 is 15.1 Å². The molecule has 4 nitrogen and oxygen atoms in total. The van der Waals surface area contributed by atoms with E-state index in [2.05, 4.69) is 55.7 Å². The zero-order valence-corrected chi connectivity index (χ0v) is 15.8. The summed E-state index contributed by atoms with van der Waals surface area (Å²) in [7, 11) is 0. The molecular formula is C22H28N2O2. The number of piperidine rings is 1. The molecule has 4 heteroatoms. The molecule has 2 aliphatic heterocycles. The van der Waals surface area contributed by atoms with Crippen LogP contribution in [0.1, 0.15) is 62.6 Å². The molecular weight excluding hydrogens is 324 g/mol. The van der Waals surface area contributed by atoms with Gasteiger partial charge in [0, 0.05) is 23.7 Å². The van der Waals surface area contributed by atoms with E-state index in [1.165, 1.54) is 18.4 Å². The van der Waals surface area contributed by atoms with Gasteiger partial charge in [-0.2, -0.15) is 0 Å². The van der Waals surface area contributed by atoms with Crippen LogP contribution >= 0.6 is 0 Å². The highest BCUT2D eigenvalue weighted by molar-refractivity contribution is 5.92. The highest BCUT2D eigenvalue weighted by Crippen LogP contribution is 2.29. The van der Waals surface area contributed by atoms with Gasteiger partial charge in [0.1, 0.15) is 5.76 Å². The van der Waals surface area contributed by atoms with E-state index in [-0.39, 0.29) is 17.4 Å². The average molecular weight is 352 g/mol. The number of hydrogen-bond acceptors (Lipinski definition) is 3. The molecule has 138 valence electrons. The lowest BCUT2D eigenvalue weighted by Crippen LogP contribution is -2.47. The molecule has 2 atom stereocenters. The second kappa shape index (κ2) is 6.58. The predicted octanol–water partition coefficient (Wildman–Crippen LogP) is 4.26. The normalized spacial score (nSPS) is 25.3. The minimum Gasteiger partial charge on any atom is -0.451 e. The molecule has 0 aliphatic carbocycles. The van der Waals surface area contributed by atoms with E-state index in [0.29, 0.717) is 17.8 Å². The van der Waals surface area contributed by atoms with Gasteiger partial charge in [-0.25, -0.2) is 0 Å². The summed E-state index contributed by atoms with van der Waals surface area (Å²) < 4.78 is 5.84. The summed E-state index contributed by atoms with van der Waals surface area (Å²) in [5.74, 6) is 1.03. The number of fused-ring (bicyclic) bond motifs is 2. The Balaban J connectivity index is 1.43. The van der Waals surface area contributed by atoms with Crippen LogP contribution in [-0.2, 0) is 5.41 Å². The summed E-state index contributed by atoms with van der Waals surface area (Å²) in [6, 6.07) is 13.4. The van der Waals surface area contributed by atoms with Gasteiger partial charge in [-0.15, -0.1) is 0 Å². The zero-order chi connectivity index (χ0) is 18.3. The summed E-state index contributed by atoms with van der Waals surface area (Å²) in [6.07, 6.45) is 4.49. The van der Waals surface area contributed by atoms with Crippen molar-refractivity contribution in [2.24, 2.45) is 0 Å². The third kappa shape index (κ3) is 3.56. The Labute approximate surface area is 155 Å². The SMILES string of the molecule is CC(C)(C)c1ccc(-c2ccc(C(=O)NC3CC4CCC(C3)N4)o2)cc1. The van der Waals surface area contributed by atoms with Crippen LogP contribution in [0, 0.1) is 0 Å². The molecule has 2 unspecified atom stereocenters. The molecule has 26 heavy (non-hydrogen) atoms. The van der Waals surface area contributed by atoms with Gasteiger partial charge in [0.2, 0.25) is 0 Å². The molecule has 2 bridgehead atoms. The Morgan fingerprint density at radius 2 is 1.69 bits per heavy atom. The first-order valence-corrected chi connectivity index (χ1v) is 9.66. The van der Waals surface area contributed by atoms with E-state index < -0.39 is 0 Å². The lowest BCUT2D eigenvalue weighted by atomic mass is 9.86. The van der Waals surface area contributed by atoms with Crippen molar-refractivity contribution in [3.8, 4) is 11.3 Å². The minimum atomic E-state index is -0.103. The fourth-order valence-electron chi connectivity index (χ4n) is 4.18. The molecule has 0 saturated carbocycles. The van der Waals surface area contributed by atoms with Gasteiger partial charge in [0.05, 0.1) is 0 Å². The Hall–Kier alpha value is -2.07. The third-order valence-corrected chi connectivity index (χ3v) is 5.67. The van der Waals surface area contributed by atoms with E-state index in [0.717, 1.165) is 24.2 Å². The van der Waals surface area contributed by atoms with Gasteiger partial charge in [-0.3, -0.25) is 4.79 Å². The molecule has 2 aromatic rings. The Kier molecular flexibility index (Phi) is 4.39. The Bertz CT molecular complexity index is 773. The van der Waals surface area contributed by atoms with Crippen LogP contribution in [0.5, 0.6) is 0 Å². The molecule has 3 heterocycles. The van der Waals surface area contributed by atoms with Crippen molar-refractivity contribution in [1.29, 1.82) is 0 Å². The van der Waals surface area contributed by atoms with E-state index in [9.17, 15) is 4.79 Å². The highest BCUT2D eigenvalue weighted by Gasteiger charge is 2.34. The van der Waals surface area contributed by atoms with Crippen molar-refractivity contribution in [2.45, 2.75) is 70.0 Å². The molecule has 1 aromatic heterocycles. The van der Waals surface area contributed by atoms with E-state index >= 15 is 0 Å². The monoisotopic (exact) mass is 352 g/mol. The summed E-state index contributed by atoms with van der Waals surface area (Å²) >= 11 is 0. The first-order chi connectivity index (χ1) is 12.4. The van der Waals surface area contributed by atoms with Crippen LogP contribution in [0.4, 0.5) is 0 Å². The van der Waals surface area contributed by atoms with E-state index in [1.54, 1.807) is 6.07 Å². The summed E-state index contributed by atoms with van der Waals surface area (Å²) in [4.78, 5) is 12.6. The first kappa shape index (κ1) is 17.3. The highest BCUT2D eigenvalue weighted by atomic mass is 16.3. The van der Waals surface area contributed by atoms with Crippen LogP contribution < -0.4 is 10.6 Å². The van der Waals surface area contributed by atoms with Gasteiger partial charge in [0.15, 0.2) is 5.76 Å². The topological polar surface area (TPSA) is 54.3 Å². The lowest BCUT2D eigenvalue weighted by molar-refractivity contribution is 0.0896. The second-order valence-corrected chi connectivity index (χ2v) is 8.77. The number of carbonyl (C=O) groups excluding carboxylic acids is 1. The summed E-state index contributed by atoms with van der Waals surface area (Å²) in [5.41, 5.74) is 2.41. The molecule has 2 aliphatic rings. The van der Waals surface area contributed by atoms with Crippen LogP contribution in [-0.4, -0.2) is 24.0 Å². The zero-order valence-electron chi connectivity index (χ0n) is 15.8. The molecule has 2 fully saturated rings. The largest absolute Gasteiger partial charge is 0.451 e. The maximum atomic E-state index is 12.6. The lowest BCUT2D eigenvalue weighted by Gasteiger charge is -2.29. The molecule has 1 amide bonds. The van der Waals surface area contributed by atoms with Crippen molar-refractivity contribution in [1.82, 2.24) is 10.6 Å². The number of furan rings is 1. The van der Waals surface area contributed by atoms with Crippen molar-refractivity contribution in [2.75, 3.05) is 0 Å². The number of nitrogens with one attached hydrogen (secondary N) is 2. The number of amides is 1. The fourth-order valence-corrected chi connectivity index (χ4v) is 4.18. The molecule has 1 aromatic carbocycles. The van der Waals surface area contributed by atoms with Gasteiger partial charge in [-0.1, -0.05) is 45.0 Å². The molecule has 0 radical (unpaired) electrons. The van der Waals surface area contributed by atoms with Gasteiger partial charge in [0.25, 0.3) is 5.91 Å². The second-order valence-electron chi connectivity index (χ2n) is 8.77. The predicted molar refractivity (Wildman–Crippen MR) is 103 cm³/mol. The Morgan fingerprint density at radius 3 is 2.31 bits per heavy atom. The van der Waals surface area contributed by atoms with Crippen LogP contribution in [0.15, 0.2) is 40.8 Å². The molecule has 4 rings (SSSR count). The number of benzene rings is 1. The summed E-state index contributed by atoms with van der Waals surface area (Å²) in [5, 5.41) is 6.76. The third-order valence-electron chi connectivity index (χ3n) is 5.67. The molecule has 2 N–H and O–H groups in total. The summed E-state index contributed by atoms with van der Waals surface area (Å²) in [6.45, 7) is 6.60. The number of hydrogen-bond donors (Lipinski definition) is 2. The maximum absolute atomic E-state index is 12.6. The van der Waals surface area contributed by atoms with Crippen molar-refractivity contribution in [3.05, 3.63) is 47.7 Å². The minimum absolute atomic E-state index is 0.103. The number of rotatable bonds is 3. The molecule has 0 spiro atoms. The quantitative estimate of drug-likeness (QED) is 0.868. The van der Waals surface area contributed by atoms with Gasteiger partial charge >= 0.3 is 0 Å². The maximum Gasteiger partial charge on any atom is 0.287 e. The van der Waals surface area contributed by atoms with Gasteiger partial charge in [-0.05, 0) is 48.8 Å². The van der Waals surface area contributed by atoms with E-state index in [1.807, 2.05) is 6.07 Å². The average Bonchev–Trinajstić information content (AvgIpc) is 3.21. The van der Waals surface area contributed by atoms with Crippen molar-refractivity contribution < 1.29 is 9.21 Å². The first-order valence-electron chi connectivity index (χ1n) is 9.66. The fraction of sp³-hybridized carbons (Fsp3) is 0.500. The standard InChI is InChI=1S/C22H28N2O2/c1-22(2,3)15-6-4-14(5-7-15)19-10-11-20(26-19)21(25)24-18-12-16-8-9-17(13-18)23-16/h4-7,10-11,16-18,23H,8-9,12-13H2,1-3H3,(H,24,25).